The first kappa shape index (κ1) is 16.7. The number of rotatable bonds is 6. The highest BCUT2D eigenvalue weighted by Crippen LogP contribution is 2.15. The monoisotopic (exact) mass is 321 g/mol. The molecule has 2 aromatic rings. The minimum absolute atomic E-state index is 0.0775. The Labute approximate surface area is 132 Å². The van der Waals surface area contributed by atoms with E-state index in [4.69, 9.17) is 0 Å². The molecule has 5 nitrogen and oxygen atoms in total. The van der Waals surface area contributed by atoms with Crippen molar-refractivity contribution in [2.24, 2.45) is 7.05 Å². The second-order valence-corrected chi connectivity index (χ2v) is 4.91. The predicted octanol–water partition coefficient (Wildman–Crippen LogP) is 2.66. The molecule has 23 heavy (non-hydrogen) atoms. The molecule has 0 aliphatic heterocycles. The van der Waals surface area contributed by atoms with Crippen molar-refractivity contribution in [2.45, 2.75) is 20.1 Å². The number of halogens is 2. The highest BCUT2D eigenvalue weighted by Gasteiger charge is 2.05. The number of nitrogens with zero attached hydrogens (tertiary/aromatic N) is 2. The van der Waals surface area contributed by atoms with Gasteiger partial charge in [0.15, 0.2) is 0 Å². The van der Waals surface area contributed by atoms with Crippen LogP contribution in [-0.4, -0.2) is 22.3 Å². The van der Waals surface area contributed by atoms with Crippen molar-refractivity contribution >= 4 is 12.0 Å². The van der Waals surface area contributed by atoms with E-state index in [9.17, 15) is 13.6 Å². The summed E-state index contributed by atoms with van der Waals surface area (Å²) < 4.78 is 30.0. The van der Waals surface area contributed by atoms with Gasteiger partial charge in [0.25, 0.3) is 0 Å². The van der Waals surface area contributed by atoms with E-state index in [0.29, 0.717) is 12.1 Å². The number of carbonyl (C=O) groups excluding carboxylic acids is 1. The Morgan fingerprint density at radius 3 is 2.65 bits per heavy atom. The first-order valence-corrected chi connectivity index (χ1v) is 6.94. The summed E-state index contributed by atoms with van der Waals surface area (Å²) >= 11 is 0. The van der Waals surface area contributed by atoms with Gasteiger partial charge in [0, 0.05) is 31.4 Å². The summed E-state index contributed by atoms with van der Waals surface area (Å²) in [5.74, 6) is -0.171. The van der Waals surface area contributed by atoms with Gasteiger partial charge in [-0.15, -0.1) is 0 Å². The van der Waals surface area contributed by atoms with E-state index in [1.165, 1.54) is 18.2 Å². The lowest BCUT2D eigenvalue weighted by Crippen LogP contribution is -2.20. The first-order valence-electron chi connectivity index (χ1n) is 6.94. The molecule has 0 spiro atoms. The largest absolute Gasteiger partial charge is 0.435 e. The van der Waals surface area contributed by atoms with Gasteiger partial charge in [-0.3, -0.25) is 9.48 Å². The highest BCUT2D eigenvalue weighted by atomic mass is 19.3. The van der Waals surface area contributed by atoms with Crippen LogP contribution >= 0.6 is 0 Å². The van der Waals surface area contributed by atoms with Crippen molar-refractivity contribution in [3.8, 4) is 5.75 Å². The number of ether oxygens (including phenoxy) is 1. The Kier molecular flexibility index (Phi) is 5.46. The molecule has 0 radical (unpaired) electrons. The normalized spacial score (nSPS) is 11.2. The van der Waals surface area contributed by atoms with Crippen molar-refractivity contribution in [1.82, 2.24) is 15.1 Å². The van der Waals surface area contributed by atoms with E-state index in [0.717, 1.165) is 11.3 Å². The summed E-state index contributed by atoms with van der Waals surface area (Å²) in [6.45, 7) is -0.581. The second kappa shape index (κ2) is 7.53. The molecule has 0 bridgehead atoms. The van der Waals surface area contributed by atoms with Gasteiger partial charge < -0.3 is 10.1 Å². The van der Waals surface area contributed by atoms with Crippen LogP contribution in [0.25, 0.3) is 6.08 Å². The van der Waals surface area contributed by atoms with E-state index in [-0.39, 0.29) is 11.7 Å². The number of hydrogen-bond acceptors (Lipinski definition) is 3. The maximum Gasteiger partial charge on any atom is 0.387 e. The van der Waals surface area contributed by atoms with E-state index >= 15 is 0 Å². The smallest absolute Gasteiger partial charge is 0.387 e. The van der Waals surface area contributed by atoms with Gasteiger partial charge in [0.05, 0.1) is 5.69 Å². The Balaban J connectivity index is 1.87. The van der Waals surface area contributed by atoms with Crippen LogP contribution in [0.15, 0.2) is 36.5 Å². The zero-order valence-corrected chi connectivity index (χ0v) is 12.8. The third-order valence-corrected chi connectivity index (χ3v) is 3.10. The number of amides is 1. The zero-order chi connectivity index (χ0) is 16.8. The lowest BCUT2D eigenvalue weighted by molar-refractivity contribution is -0.116. The number of aryl methyl sites for hydroxylation is 2. The van der Waals surface area contributed by atoms with Crippen LogP contribution in [0.5, 0.6) is 5.75 Å². The molecule has 0 saturated carbocycles. The Bertz CT molecular complexity index is 694. The summed E-state index contributed by atoms with van der Waals surface area (Å²) in [5, 5.41) is 6.95. The summed E-state index contributed by atoms with van der Waals surface area (Å²) in [5.41, 5.74) is 2.52. The Morgan fingerprint density at radius 1 is 1.39 bits per heavy atom. The molecule has 0 fully saturated rings. The number of hydrogen-bond donors (Lipinski definition) is 1. The summed E-state index contributed by atoms with van der Waals surface area (Å²) in [6, 6.07) is 6.02. The van der Waals surface area contributed by atoms with Gasteiger partial charge in [0.1, 0.15) is 5.75 Å². The standard InChI is InChI=1S/C16H17F2N3O2/c1-11-13(10-21(2)20-11)9-19-15(22)8-5-12-3-6-14(7-4-12)23-16(17)18/h3-8,10,16H,9H2,1-2H3,(H,19,22)/b8-5-. The average molecular weight is 321 g/mol. The molecule has 1 heterocycles. The topological polar surface area (TPSA) is 56.2 Å². The number of carbonyl (C=O) groups is 1. The molecule has 2 rings (SSSR count). The van der Waals surface area contributed by atoms with E-state index in [1.807, 2.05) is 20.2 Å². The maximum atomic E-state index is 12.0. The number of nitrogens with one attached hydrogen (secondary N) is 1. The molecule has 0 aliphatic rings. The quantitative estimate of drug-likeness (QED) is 0.832. The Morgan fingerprint density at radius 2 is 2.09 bits per heavy atom. The fourth-order valence-electron chi connectivity index (χ4n) is 2.00. The van der Waals surface area contributed by atoms with Crippen LogP contribution < -0.4 is 10.1 Å². The summed E-state index contributed by atoms with van der Waals surface area (Å²) in [6.07, 6.45) is 4.83. The third-order valence-electron chi connectivity index (χ3n) is 3.10. The van der Waals surface area contributed by atoms with Gasteiger partial charge in [-0.05, 0) is 30.7 Å². The average Bonchev–Trinajstić information content (AvgIpc) is 2.82. The van der Waals surface area contributed by atoms with Crippen molar-refractivity contribution in [2.75, 3.05) is 0 Å². The Hall–Kier alpha value is -2.70. The van der Waals surface area contributed by atoms with E-state index in [1.54, 1.807) is 22.9 Å². The molecular weight excluding hydrogens is 304 g/mol. The van der Waals surface area contributed by atoms with E-state index in [2.05, 4.69) is 15.2 Å². The molecule has 122 valence electrons. The molecule has 7 heteroatoms. The van der Waals surface area contributed by atoms with Crippen LogP contribution in [0.2, 0.25) is 0 Å². The molecule has 0 saturated heterocycles. The van der Waals surface area contributed by atoms with Crippen LogP contribution in [-0.2, 0) is 18.4 Å². The predicted molar refractivity (Wildman–Crippen MR) is 81.9 cm³/mol. The van der Waals surface area contributed by atoms with Gasteiger partial charge >= 0.3 is 6.61 Å². The minimum Gasteiger partial charge on any atom is -0.435 e. The zero-order valence-electron chi connectivity index (χ0n) is 12.8. The number of alkyl halides is 2. The molecule has 1 amide bonds. The fraction of sp³-hybridized carbons (Fsp3) is 0.250. The van der Waals surface area contributed by atoms with Crippen molar-refractivity contribution in [3.05, 3.63) is 53.4 Å². The highest BCUT2D eigenvalue weighted by molar-refractivity contribution is 5.91. The van der Waals surface area contributed by atoms with Crippen molar-refractivity contribution < 1.29 is 18.3 Å². The van der Waals surface area contributed by atoms with Gasteiger partial charge in [-0.25, -0.2) is 0 Å². The summed E-state index contributed by atoms with van der Waals surface area (Å²) in [4.78, 5) is 11.8. The molecule has 0 aliphatic carbocycles. The van der Waals surface area contributed by atoms with Crippen molar-refractivity contribution in [1.29, 1.82) is 0 Å². The molecule has 1 N–H and O–H groups in total. The van der Waals surface area contributed by atoms with Gasteiger partial charge in [-0.1, -0.05) is 12.1 Å². The second-order valence-electron chi connectivity index (χ2n) is 4.91. The van der Waals surface area contributed by atoms with Crippen LogP contribution in [0.3, 0.4) is 0 Å². The van der Waals surface area contributed by atoms with Crippen LogP contribution in [0, 0.1) is 6.92 Å². The minimum atomic E-state index is -2.85. The van der Waals surface area contributed by atoms with Crippen LogP contribution in [0.1, 0.15) is 16.8 Å². The molecular formula is C16H17F2N3O2. The summed E-state index contributed by atoms with van der Waals surface area (Å²) in [7, 11) is 1.82. The number of aromatic nitrogens is 2. The lowest BCUT2D eigenvalue weighted by atomic mass is 10.2. The molecule has 1 aromatic carbocycles. The molecule has 0 unspecified atom stereocenters. The SMILES string of the molecule is Cc1nn(C)cc1CNC(=O)/C=C\c1ccc(OC(F)F)cc1. The van der Waals surface area contributed by atoms with Crippen LogP contribution in [0.4, 0.5) is 8.78 Å². The molecule has 0 atom stereocenters. The van der Waals surface area contributed by atoms with Crippen molar-refractivity contribution in [3.63, 3.8) is 0 Å². The maximum absolute atomic E-state index is 12.0. The lowest BCUT2D eigenvalue weighted by Gasteiger charge is -2.04. The fourth-order valence-corrected chi connectivity index (χ4v) is 2.00. The van der Waals surface area contributed by atoms with E-state index < -0.39 is 6.61 Å². The number of benzene rings is 1. The molecule has 1 aromatic heterocycles. The third kappa shape index (κ3) is 5.21. The first-order chi connectivity index (χ1) is 10.9. The van der Waals surface area contributed by atoms with Gasteiger partial charge in [0.2, 0.25) is 5.91 Å². The van der Waals surface area contributed by atoms with Gasteiger partial charge in [-0.2, -0.15) is 13.9 Å².